The number of aryl methyl sites for hydroxylation is 1. The van der Waals surface area contributed by atoms with Crippen LogP contribution in [0.5, 0.6) is 0 Å². The van der Waals surface area contributed by atoms with Crippen molar-refractivity contribution in [3.63, 3.8) is 0 Å². The molecule has 106 valence electrons. The van der Waals surface area contributed by atoms with Crippen LogP contribution in [0.25, 0.3) is 11.3 Å². The van der Waals surface area contributed by atoms with Crippen LogP contribution in [0.4, 0.5) is 0 Å². The highest BCUT2D eigenvalue weighted by Crippen LogP contribution is 2.32. The fourth-order valence-corrected chi connectivity index (χ4v) is 4.04. The van der Waals surface area contributed by atoms with Crippen molar-refractivity contribution < 1.29 is 4.74 Å². The van der Waals surface area contributed by atoms with Crippen LogP contribution in [0.15, 0.2) is 28.1 Å². The van der Waals surface area contributed by atoms with Crippen LogP contribution < -0.4 is 0 Å². The number of halogens is 1. The molecule has 0 N–H and O–H groups in total. The number of hydrogen-bond donors (Lipinski definition) is 0. The molecule has 1 saturated heterocycles. The largest absolute Gasteiger partial charge is 0.379 e. The van der Waals surface area contributed by atoms with Gasteiger partial charge in [0.15, 0.2) is 0 Å². The zero-order chi connectivity index (χ0) is 13.9. The Labute approximate surface area is 131 Å². The zero-order valence-corrected chi connectivity index (χ0v) is 13.8. The van der Waals surface area contributed by atoms with Crippen molar-refractivity contribution in [1.82, 2.24) is 9.88 Å². The summed E-state index contributed by atoms with van der Waals surface area (Å²) in [4.78, 5) is 7.00. The van der Waals surface area contributed by atoms with E-state index in [0.717, 1.165) is 47.3 Å². The van der Waals surface area contributed by atoms with Gasteiger partial charge >= 0.3 is 0 Å². The zero-order valence-electron chi connectivity index (χ0n) is 11.4. The number of aromatic nitrogens is 1. The third-order valence-corrected chi connectivity index (χ3v) is 5.05. The van der Waals surface area contributed by atoms with Gasteiger partial charge in [-0.05, 0) is 28.4 Å². The van der Waals surface area contributed by atoms with Crippen LogP contribution in [0.1, 0.15) is 10.6 Å². The van der Waals surface area contributed by atoms with Gasteiger partial charge in [-0.1, -0.05) is 24.3 Å². The Hall–Kier alpha value is -0.750. The maximum absolute atomic E-state index is 5.38. The topological polar surface area (TPSA) is 25.4 Å². The maximum atomic E-state index is 5.38. The van der Waals surface area contributed by atoms with Crippen LogP contribution in [-0.4, -0.2) is 36.2 Å². The van der Waals surface area contributed by atoms with E-state index in [9.17, 15) is 0 Å². The van der Waals surface area contributed by atoms with Gasteiger partial charge in [0, 0.05) is 25.2 Å². The summed E-state index contributed by atoms with van der Waals surface area (Å²) < 4.78 is 6.48. The number of hydrogen-bond acceptors (Lipinski definition) is 4. The second kappa shape index (κ2) is 6.35. The molecule has 1 aliphatic heterocycles. The van der Waals surface area contributed by atoms with E-state index in [2.05, 4.69) is 50.1 Å². The lowest BCUT2D eigenvalue weighted by Gasteiger charge is -2.26. The van der Waals surface area contributed by atoms with Crippen molar-refractivity contribution >= 4 is 27.3 Å². The Morgan fingerprint density at radius 2 is 1.95 bits per heavy atom. The van der Waals surface area contributed by atoms with Crippen LogP contribution in [0.3, 0.4) is 0 Å². The highest BCUT2D eigenvalue weighted by molar-refractivity contribution is 9.11. The van der Waals surface area contributed by atoms with Gasteiger partial charge in [0.25, 0.3) is 0 Å². The van der Waals surface area contributed by atoms with E-state index in [4.69, 9.17) is 4.74 Å². The van der Waals surface area contributed by atoms with E-state index in [1.807, 2.05) is 6.92 Å². The predicted molar refractivity (Wildman–Crippen MR) is 86.1 cm³/mol. The standard InChI is InChI=1S/C15H17BrN2OS/c1-11-17-14(15(16)20-11)13-4-2-12(3-5-13)10-18-6-8-19-9-7-18/h2-5H,6-10H2,1H3. The van der Waals surface area contributed by atoms with Gasteiger partial charge in [-0.25, -0.2) is 4.98 Å². The molecule has 3 rings (SSSR count). The van der Waals surface area contributed by atoms with Gasteiger partial charge in [-0.3, -0.25) is 4.90 Å². The molecule has 1 aromatic carbocycles. The van der Waals surface area contributed by atoms with Crippen LogP contribution >= 0.6 is 27.3 Å². The van der Waals surface area contributed by atoms with E-state index in [0.29, 0.717) is 0 Å². The number of ether oxygens (including phenoxy) is 1. The molecule has 1 fully saturated rings. The molecule has 20 heavy (non-hydrogen) atoms. The van der Waals surface area contributed by atoms with Gasteiger partial charge in [0.05, 0.1) is 27.7 Å². The van der Waals surface area contributed by atoms with Crippen LogP contribution in [-0.2, 0) is 11.3 Å². The molecule has 0 unspecified atom stereocenters. The number of nitrogens with zero attached hydrogens (tertiary/aromatic N) is 2. The smallest absolute Gasteiger partial charge is 0.0979 e. The Bertz CT molecular complexity index is 576. The third kappa shape index (κ3) is 3.28. The molecule has 0 atom stereocenters. The summed E-state index contributed by atoms with van der Waals surface area (Å²) in [6.07, 6.45) is 0. The highest BCUT2D eigenvalue weighted by atomic mass is 79.9. The second-order valence-electron chi connectivity index (χ2n) is 4.94. The lowest BCUT2D eigenvalue weighted by atomic mass is 10.1. The molecule has 2 aromatic rings. The lowest BCUT2D eigenvalue weighted by Crippen LogP contribution is -2.35. The molecular weight excluding hydrogens is 336 g/mol. The number of thiazole rings is 1. The Balaban J connectivity index is 1.72. The van der Waals surface area contributed by atoms with Crippen molar-refractivity contribution in [2.24, 2.45) is 0 Å². The lowest BCUT2D eigenvalue weighted by molar-refractivity contribution is 0.0342. The molecule has 0 bridgehead atoms. The molecule has 5 heteroatoms. The molecule has 0 amide bonds. The molecule has 1 aromatic heterocycles. The Morgan fingerprint density at radius 3 is 2.55 bits per heavy atom. The summed E-state index contributed by atoms with van der Waals surface area (Å²) in [7, 11) is 0. The Morgan fingerprint density at radius 1 is 1.25 bits per heavy atom. The van der Waals surface area contributed by atoms with Crippen LogP contribution in [0.2, 0.25) is 0 Å². The van der Waals surface area contributed by atoms with Crippen molar-refractivity contribution in [2.75, 3.05) is 26.3 Å². The summed E-state index contributed by atoms with van der Waals surface area (Å²) in [5.74, 6) is 0. The van der Waals surface area contributed by atoms with E-state index in [1.165, 1.54) is 11.1 Å². The van der Waals surface area contributed by atoms with Gasteiger partial charge in [0.2, 0.25) is 0 Å². The minimum absolute atomic E-state index is 0.850. The number of rotatable bonds is 3. The number of benzene rings is 1. The molecule has 1 aliphatic rings. The summed E-state index contributed by atoms with van der Waals surface area (Å²) in [6.45, 7) is 6.79. The Kier molecular flexibility index (Phi) is 4.51. The summed E-state index contributed by atoms with van der Waals surface area (Å²) in [5, 5.41) is 1.09. The molecular formula is C15H17BrN2OS. The van der Waals surface area contributed by atoms with Gasteiger partial charge in [-0.15, -0.1) is 11.3 Å². The van der Waals surface area contributed by atoms with E-state index >= 15 is 0 Å². The van der Waals surface area contributed by atoms with Crippen molar-refractivity contribution in [2.45, 2.75) is 13.5 Å². The van der Waals surface area contributed by atoms with E-state index < -0.39 is 0 Å². The molecule has 3 nitrogen and oxygen atoms in total. The first-order valence-corrected chi connectivity index (χ1v) is 8.35. The minimum Gasteiger partial charge on any atom is -0.379 e. The average Bonchev–Trinajstić information content (AvgIpc) is 2.80. The summed E-state index contributed by atoms with van der Waals surface area (Å²) >= 11 is 5.27. The van der Waals surface area contributed by atoms with Crippen molar-refractivity contribution in [1.29, 1.82) is 0 Å². The van der Waals surface area contributed by atoms with Crippen LogP contribution in [0, 0.1) is 6.92 Å². The third-order valence-electron chi connectivity index (χ3n) is 3.43. The second-order valence-corrected chi connectivity index (χ2v) is 7.46. The van der Waals surface area contributed by atoms with Gasteiger partial charge < -0.3 is 4.74 Å². The quantitative estimate of drug-likeness (QED) is 0.841. The monoisotopic (exact) mass is 352 g/mol. The maximum Gasteiger partial charge on any atom is 0.0979 e. The normalized spacial score (nSPS) is 16.5. The molecule has 0 saturated carbocycles. The average molecular weight is 353 g/mol. The minimum atomic E-state index is 0.850. The SMILES string of the molecule is Cc1nc(-c2ccc(CN3CCOCC3)cc2)c(Br)s1. The highest BCUT2D eigenvalue weighted by Gasteiger charge is 2.12. The first-order chi connectivity index (χ1) is 9.72. The molecule has 0 spiro atoms. The predicted octanol–water partition coefficient (Wildman–Crippen LogP) is 3.71. The number of morpholine rings is 1. The fourth-order valence-electron chi connectivity index (χ4n) is 2.37. The summed E-state index contributed by atoms with van der Waals surface area (Å²) in [6, 6.07) is 8.72. The molecule has 0 aliphatic carbocycles. The van der Waals surface area contributed by atoms with Crippen molar-refractivity contribution in [3.05, 3.63) is 38.6 Å². The molecule has 0 radical (unpaired) electrons. The first-order valence-electron chi connectivity index (χ1n) is 6.75. The summed E-state index contributed by atoms with van der Waals surface area (Å²) in [5.41, 5.74) is 3.57. The van der Waals surface area contributed by atoms with Gasteiger partial charge in [-0.2, -0.15) is 0 Å². The van der Waals surface area contributed by atoms with E-state index in [-0.39, 0.29) is 0 Å². The first kappa shape index (κ1) is 14.2. The van der Waals surface area contributed by atoms with E-state index in [1.54, 1.807) is 11.3 Å². The van der Waals surface area contributed by atoms with Gasteiger partial charge in [0.1, 0.15) is 0 Å². The molecule has 2 heterocycles. The van der Waals surface area contributed by atoms with Crippen molar-refractivity contribution in [3.8, 4) is 11.3 Å². The fraction of sp³-hybridized carbons (Fsp3) is 0.400.